The number of anilines is 1. The Hall–Kier alpha value is -1.70. The largest absolute Gasteiger partial charge is 0.465 e. The van der Waals surface area contributed by atoms with Crippen LogP contribution in [0.1, 0.15) is 0 Å². The Kier molecular flexibility index (Phi) is 2.97. The van der Waals surface area contributed by atoms with Gasteiger partial charge in [0.05, 0.1) is 4.47 Å². The highest BCUT2D eigenvalue weighted by molar-refractivity contribution is 9.10. The summed E-state index contributed by atoms with van der Waals surface area (Å²) in [4.78, 5) is 23.4. The Balaban J connectivity index is 3.15. The van der Waals surface area contributed by atoms with E-state index in [9.17, 15) is 14.9 Å². The Bertz CT molecular complexity index is 395. The van der Waals surface area contributed by atoms with E-state index in [1.54, 1.807) is 0 Å². The molecule has 7 nitrogen and oxygen atoms in total. The lowest BCUT2D eigenvalue weighted by atomic mass is 10.4. The van der Waals surface area contributed by atoms with Crippen molar-refractivity contribution >= 4 is 33.5 Å². The van der Waals surface area contributed by atoms with Gasteiger partial charge in [0, 0.05) is 0 Å². The molecular weight excluding hydrogens is 258 g/mol. The molecule has 1 heterocycles. The summed E-state index contributed by atoms with van der Waals surface area (Å²) < 4.78 is 0.451. The van der Waals surface area contributed by atoms with Crippen molar-refractivity contribution in [1.29, 1.82) is 0 Å². The van der Waals surface area contributed by atoms with E-state index in [1.807, 2.05) is 5.32 Å². The van der Waals surface area contributed by atoms with Crippen LogP contribution in [-0.2, 0) is 0 Å². The third-order valence-electron chi connectivity index (χ3n) is 1.25. The van der Waals surface area contributed by atoms with Gasteiger partial charge < -0.3 is 15.2 Å². The molecule has 0 spiro atoms. The highest BCUT2D eigenvalue weighted by atomic mass is 79.9. The SMILES string of the molecule is O=C(O)Nc1cc(Br)cnc1[N+](=O)[O-]. The number of nitrogens with zero attached hydrogens (tertiary/aromatic N) is 2. The first-order valence-corrected chi connectivity index (χ1v) is 4.10. The molecule has 0 atom stereocenters. The number of carboxylic acid groups (broad SMARTS) is 1. The summed E-state index contributed by atoms with van der Waals surface area (Å²) >= 11 is 3.02. The third-order valence-corrected chi connectivity index (χ3v) is 1.68. The van der Waals surface area contributed by atoms with E-state index < -0.39 is 16.8 Å². The molecule has 1 aromatic heterocycles. The average Bonchev–Trinajstić information content (AvgIpc) is 2.01. The van der Waals surface area contributed by atoms with Crippen LogP contribution in [0.2, 0.25) is 0 Å². The van der Waals surface area contributed by atoms with Crippen molar-refractivity contribution < 1.29 is 14.8 Å². The van der Waals surface area contributed by atoms with Gasteiger partial charge in [-0.25, -0.2) is 4.79 Å². The van der Waals surface area contributed by atoms with Gasteiger partial charge in [-0.15, -0.1) is 0 Å². The number of hydrogen-bond acceptors (Lipinski definition) is 4. The second-order valence-electron chi connectivity index (χ2n) is 2.21. The van der Waals surface area contributed by atoms with Crippen molar-refractivity contribution in [2.24, 2.45) is 0 Å². The van der Waals surface area contributed by atoms with Crippen LogP contribution in [0.25, 0.3) is 0 Å². The van der Waals surface area contributed by atoms with Crippen LogP contribution in [0.4, 0.5) is 16.3 Å². The molecule has 0 aliphatic heterocycles. The Morgan fingerprint density at radius 1 is 1.71 bits per heavy atom. The zero-order valence-corrected chi connectivity index (χ0v) is 8.19. The molecule has 0 radical (unpaired) electrons. The topological polar surface area (TPSA) is 105 Å². The molecule has 1 rings (SSSR count). The molecule has 1 amide bonds. The van der Waals surface area contributed by atoms with Crippen LogP contribution in [0.3, 0.4) is 0 Å². The number of rotatable bonds is 2. The van der Waals surface area contributed by atoms with E-state index in [1.165, 1.54) is 12.3 Å². The van der Waals surface area contributed by atoms with E-state index >= 15 is 0 Å². The minimum Gasteiger partial charge on any atom is -0.465 e. The summed E-state index contributed by atoms with van der Waals surface area (Å²) in [6.07, 6.45) is -0.168. The van der Waals surface area contributed by atoms with Gasteiger partial charge in [-0.2, -0.15) is 0 Å². The van der Waals surface area contributed by atoms with E-state index in [-0.39, 0.29) is 5.69 Å². The van der Waals surface area contributed by atoms with Crippen LogP contribution in [0.5, 0.6) is 0 Å². The first-order chi connectivity index (χ1) is 6.50. The predicted molar refractivity (Wildman–Crippen MR) is 50.2 cm³/mol. The molecule has 0 aromatic carbocycles. The number of amides is 1. The van der Waals surface area contributed by atoms with Crippen LogP contribution in [0.15, 0.2) is 16.7 Å². The van der Waals surface area contributed by atoms with Crippen molar-refractivity contribution in [3.05, 3.63) is 26.9 Å². The molecule has 0 saturated carbocycles. The Morgan fingerprint density at radius 3 is 2.86 bits per heavy atom. The fourth-order valence-electron chi connectivity index (χ4n) is 0.785. The molecule has 8 heteroatoms. The standard InChI is InChI=1S/C6H4BrN3O4/c7-3-1-4(9-6(11)12)5(8-2-3)10(13)14/h1-2,9H,(H,11,12). The normalized spacial score (nSPS) is 9.50. The van der Waals surface area contributed by atoms with E-state index in [2.05, 4.69) is 20.9 Å². The molecule has 2 N–H and O–H groups in total. The fraction of sp³-hybridized carbons (Fsp3) is 0. The molecule has 0 saturated heterocycles. The summed E-state index contributed by atoms with van der Waals surface area (Å²) in [6, 6.07) is 1.26. The maximum absolute atomic E-state index is 10.4. The van der Waals surface area contributed by atoms with Gasteiger partial charge in [0.15, 0.2) is 6.20 Å². The average molecular weight is 262 g/mol. The number of hydrogen-bond donors (Lipinski definition) is 2. The molecule has 74 valence electrons. The fourth-order valence-corrected chi connectivity index (χ4v) is 1.12. The van der Waals surface area contributed by atoms with Gasteiger partial charge >= 0.3 is 11.9 Å². The van der Waals surface area contributed by atoms with Gasteiger partial charge in [-0.05, 0) is 31.9 Å². The Labute approximate surface area is 86.0 Å². The second kappa shape index (κ2) is 4.01. The van der Waals surface area contributed by atoms with Gasteiger partial charge in [0.25, 0.3) is 0 Å². The lowest BCUT2D eigenvalue weighted by Gasteiger charge is -2.01. The van der Waals surface area contributed by atoms with Crippen molar-refractivity contribution in [3.8, 4) is 0 Å². The van der Waals surface area contributed by atoms with Crippen molar-refractivity contribution in [1.82, 2.24) is 4.98 Å². The summed E-state index contributed by atoms with van der Waals surface area (Å²) in [7, 11) is 0. The lowest BCUT2D eigenvalue weighted by molar-refractivity contribution is -0.388. The summed E-state index contributed by atoms with van der Waals surface area (Å²) in [5, 5.41) is 20.7. The molecule has 14 heavy (non-hydrogen) atoms. The lowest BCUT2D eigenvalue weighted by Crippen LogP contribution is -2.10. The Morgan fingerprint density at radius 2 is 2.36 bits per heavy atom. The molecular formula is C6H4BrN3O4. The van der Waals surface area contributed by atoms with Crippen molar-refractivity contribution in [2.45, 2.75) is 0 Å². The molecule has 0 aliphatic rings. The maximum atomic E-state index is 10.4. The van der Waals surface area contributed by atoms with Crippen LogP contribution in [-0.4, -0.2) is 21.1 Å². The molecule has 1 aromatic rings. The van der Waals surface area contributed by atoms with E-state index in [0.717, 1.165) is 0 Å². The zero-order chi connectivity index (χ0) is 10.7. The summed E-state index contributed by atoms with van der Waals surface area (Å²) in [5.41, 5.74) is -0.170. The predicted octanol–water partition coefficient (Wildman–Crippen LogP) is 1.84. The van der Waals surface area contributed by atoms with Gasteiger partial charge in [0.2, 0.25) is 0 Å². The molecule has 0 aliphatic carbocycles. The van der Waals surface area contributed by atoms with Gasteiger partial charge in [0.1, 0.15) is 5.69 Å². The number of carbonyl (C=O) groups is 1. The summed E-state index contributed by atoms with van der Waals surface area (Å²) in [6.45, 7) is 0. The number of aromatic nitrogens is 1. The maximum Gasteiger partial charge on any atom is 0.409 e. The number of nitrogens with one attached hydrogen (secondary N) is 1. The summed E-state index contributed by atoms with van der Waals surface area (Å²) in [5.74, 6) is -0.532. The number of pyridine rings is 1. The molecule has 0 bridgehead atoms. The smallest absolute Gasteiger partial charge is 0.409 e. The zero-order valence-electron chi connectivity index (χ0n) is 6.60. The minimum absolute atomic E-state index is 0.170. The molecule has 0 unspecified atom stereocenters. The first kappa shape index (κ1) is 10.4. The van der Waals surface area contributed by atoms with Gasteiger partial charge in [-0.1, -0.05) is 0 Å². The first-order valence-electron chi connectivity index (χ1n) is 3.30. The molecule has 0 fully saturated rings. The van der Waals surface area contributed by atoms with E-state index in [4.69, 9.17) is 5.11 Å². The van der Waals surface area contributed by atoms with E-state index in [0.29, 0.717) is 4.47 Å². The van der Waals surface area contributed by atoms with Crippen LogP contribution >= 0.6 is 15.9 Å². The van der Waals surface area contributed by atoms with Crippen LogP contribution in [0, 0.1) is 10.1 Å². The second-order valence-corrected chi connectivity index (χ2v) is 3.13. The van der Waals surface area contributed by atoms with Crippen LogP contribution < -0.4 is 5.32 Å². The van der Waals surface area contributed by atoms with Crippen molar-refractivity contribution in [3.63, 3.8) is 0 Å². The van der Waals surface area contributed by atoms with Gasteiger partial charge in [-0.3, -0.25) is 5.32 Å². The number of nitro groups is 1. The quantitative estimate of drug-likeness (QED) is 0.624. The highest BCUT2D eigenvalue weighted by Gasteiger charge is 2.17. The third kappa shape index (κ3) is 2.39. The monoisotopic (exact) mass is 261 g/mol. The van der Waals surface area contributed by atoms with Crippen molar-refractivity contribution in [2.75, 3.05) is 5.32 Å². The number of halogens is 1. The highest BCUT2D eigenvalue weighted by Crippen LogP contribution is 2.24. The minimum atomic E-state index is -1.38.